The SMILES string of the molecule is CCC(O)c1ccc2c(c1)CCC(=O)N2. The Bertz CT molecular complexity index is 387. The molecule has 2 N–H and O–H groups in total. The third kappa shape index (κ3) is 2.02. The van der Waals surface area contributed by atoms with Crippen molar-refractivity contribution in [3.05, 3.63) is 29.3 Å². The summed E-state index contributed by atoms with van der Waals surface area (Å²) in [7, 11) is 0. The molecule has 0 fully saturated rings. The Morgan fingerprint density at radius 3 is 3.00 bits per heavy atom. The predicted octanol–water partition coefficient (Wildman–Crippen LogP) is 2.01. The number of carbonyl (C=O) groups excluding carboxylic acids is 1. The van der Waals surface area contributed by atoms with Crippen molar-refractivity contribution >= 4 is 11.6 Å². The Balaban J connectivity index is 2.30. The first-order valence-corrected chi connectivity index (χ1v) is 5.31. The number of aliphatic hydroxyl groups is 1. The fraction of sp³-hybridized carbons (Fsp3) is 0.417. The Kier molecular flexibility index (Phi) is 2.73. The molecule has 0 saturated carbocycles. The minimum absolute atomic E-state index is 0.0753. The van der Waals surface area contributed by atoms with E-state index in [0.717, 1.165) is 23.2 Å². The van der Waals surface area contributed by atoms with Crippen molar-refractivity contribution in [2.75, 3.05) is 5.32 Å². The van der Waals surface area contributed by atoms with Gasteiger partial charge in [-0.25, -0.2) is 0 Å². The van der Waals surface area contributed by atoms with Crippen LogP contribution in [0, 0.1) is 0 Å². The van der Waals surface area contributed by atoms with Crippen LogP contribution in [0.5, 0.6) is 0 Å². The van der Waals surface area contributed by atoms with Gasteiger partial charge in [-0.1, -0.05) is 19.1 Å². The highest BCUT2D eigenvalue weighted by molar-refractivity contribution is 5.93. The monoisotopic (exact) mass is 205 g/mol. The van der Waals surface area contributed by atoms with Crippen LogP contribution in [0.25, 0.3) is 0 Å². The molecule has 1 aliphatic rings. The Morgan fingerprint density at radius 1 is 1.47 bits per heavy atom. The van der Waals surface area contributed by atoms with E-state index in [9.17, 15) is 9.90 Å². The molecule has 0 saturated heterocycles. The van der Waals surface area contributed by atoms with E-state index in [0.29, 0.717) is 12.8 Å². The summed E-state index contributed by atoms with van der Waals surface area (Å²) in [5.74, 6) is 0.0753. The number of nitrogens with one attached hydrogen (secondary N) is 1. The summed E-state index contributed by atoms with van der Waals surface area (Å²) in [5.41, 5.74) is 2.95. The predicted molar refractivity (Wildman–Crippen MR) is 58.6 cm³/mol. The molecule has 0 radical (unpaired) electrons. The number of carbonyl (C=O) groups is 1. The first-order chi connectivity index (χ1) is 7.20. The zero-order chi connectivity index (χ0) is 10.8. The minimum Gasteiger partial charge on any atom is -0.388 e. The molecule has 3 nitrogen and oxygen atoms in total. The van der Waals surface area contributed by atoms with E-state index in [1.165, 1.54) is 0 Å². The van der Waals surface area contributed by atoms with Gasteiger partial charge in [-0.05, 0) is 30.0 Å². The normalized spacial score (nSPS) is 16.8. The molecule has 1 aliphatic heterocycles. The van der Waals surface area contributed by atoms with Crippen molar-refractivity contribution in [3.63, 3.8) is 0 Å². The summed E-state index contributed by atoms with van der Waals surface area (Å²) in [6, 6.07) is 5.74. The lowest BCUT2D eigenvalue weighted by atomic mass is 9.97. The number of aryl methyl sites for hydroxylation is 1. The molecule has 0 aromatic heterocycles. The lowest BCUT2D eigenvalue weighted by Crippen LogP contribution is -2.19. The van der Waals surface area contributed by atoms with Gasteiger partial charge in [-0.15, -0.1) is 0 Å². The fourth-order valence-electron chi connectivity index (χ4n) is 1.85. The second-order valence-corrected chi connectivity index (χ2v) is 3.89. The van der Waals surface area contributed by atoms with Crippen LogP contribution in [0.15, 0.2) is 18.2 Å². The van der Waals surface area contributed by atoms with Crippen LogP contribution < -0.4 is 5.32 Å². The molecule has 1 aromatic carbocycles. The van der Waals surface area contributed by atoms with E-state index in [2.05, 4.69) is 5.32 Å². The van der Waals surface area contributed by atoms with E-state index in [1.54, 1.807) is 0 Å². The van der Waals surface area contributed by atoms with Crippen molar-refractivity contribution in [1.29, 1.82) is 0 Å². The van der Waals surface area contributed by atoms with E-state index < -0.39 is 6.10 Å². The van der Waals surface area contributed by atoms with Gasteiger partial charge in [0.2, 0.25) is 5.91 Å². The van der Waals surface area contributed by atoms with Gasteiger partial charge in [-0.2, -0.15) is 0 Å². The molecular weight excluding hydrogens is 190 g/mol. The molecule has 15 heavy (non-hydrogen) atoms. The molecule has 1 aromatic rings. The molecule has 1 atom stereocenters. The second kappa shape index (κ2) is 4.03. The summed E-state index contributed by atoms with van der Waals surface area (Å²) in [6.07, 6.45) is 1.63. The molecule has 1 amide bonds. The molecular formula is C12H15NO2. The summed E-state index contributed by atoms with van der Waals surface area (Å²) < 4.78 is 0. The average Bonchev–Trinajstić information content (AvgIpc) is 2.27. The van der Waals surface area contributed by atoms with Crippen molar-refractivity contribution in [1.82, 2.24) is 0 Å². The van der Waals surface area contributed by atoms with Gasteiger partial charge in [-0.3, -0.25) is 4.79 Å². The molecule has 1 heterocycles. The molecule has 1 unspecified atom stereocenters. The van der Waals surface area contributed by atoms with Crippen LogP contribution in [-0.2, 0) is 11.2 Å². The van der Waals surface area contributed by atoms with Crippen molar-refractivity contribution < 1.29 is 9.90 Å². The first-order valence-electron chi connectivity index (χ1n) is 5.31. The van der Waals surface area contributed by atoms with E-state index in [1.807, 2.05) is 25.1 Å². The third-order valence-corrected chi connectivity index (χ3v) is 2.80. The van der Waals surface area contributed by atoms with Crippen LogP contribution in [0.1, 0.15) is 37.0 Å². The fourth-order valence-corrected chi connectivity index (χ4v) is 1.85. The van der Waals surface area contributed by atoms with Gasteiger partial charge in [0.25, 0.3) is 0 Å². The lowest BCUT2D eigenvalue weighted by Gasteiger charge is -2.18. The summed E-state index contributed by atoms with van der Waals surface area (Å²) in [5, 5.41) is 12.5. The lowest BCUT2D eigenvalue weighted by molar-refractivity contribution is -0.116. The van der Waals surface area contributed by atoms with Gasteiger partial charge >= 0.3 is 0 Å². The number of hydrogen-bond acceptors (Lipinski definition) is 2. The molecule has 2 rings (SSSR count). The quantitative estimate of drug-likeness (QED) is 0.776. The van der Waals surface area contributed by atoms with Gasteiger partial charge in [0, 0.05) is 12.1 Å². The minimum atomic E-state index is -0.395. The van der Waals surface area contributed by atoms with Crippen molar-refractivity contribution in [3.8, 4) is 0 Å². The first kappa shape index (κ1) is 10.2. The van der Waals surface area contributed by atoms with Crippen LogP contribution in [0.2, 0.25) is 0 Å². The molecule has 0 spiro atoms. The highest BCUT2D eigenvalue weighted by Crippen LogP contribution is 2.26. The molecule has 80 valence electrons. The van der Waals surface area contributed by atoms with E-state index in [-0.39, 0.29) is 5.91 Å². The van der Waals surface area contributed by atoms with Crippen molar-refractivity contribution in [2.24, 2.45) is 0 Å². The summed E-state index contributed by atoms with van der Waals surface area (Å²) >= 11 is 0. The Hall–Kier alpha value is -1.35. The maximum Gasteiger partial charge on any atom is 0.224 e. The number of hydrogen-bond donors (Lipinski definition) is 2. The zero-order valence-electron chi connectivity index (χ0n) is 8.79. The number of rotatable bonds is 2. The van der Waals surface area contributed by atoms with Gasteiger partial charge < -0.3 is 10.4 Å². The molecule has 0 aliphatic carbocycles. The van der Waals surface area contributed by atoms with Crippen LogP contribution in [-0.4, -0.2) is 11.0 Å². The molecule has 0 bridgehead atoms. The van der Waals surface area contributed by atoms with Gasteiger partial charge in [0.05, 0.1) is 6.10 Å². The number of benzene rings is 1. The van der Waals surface area contributed by atoms with Crippen LogP contribution in [0.3, 0.4) is 0 Å². The number of anilines is 1. The topological polar surface area (TPSA) is 49.3 Å². The highest BCUT2D eigenvalue weighted by Gasteiger charge is 2.16. The number of amides is 1. The maximum absolute atomic E-state index is 11.1. The summed E-state index contributed by atoms with van der Waals surface area (Å²) in [4.78, 5) is 11.1. The largest absolute Gasteiger partial charge is 0.388 e. The molecule has 3 heteroatoms. The number of aliphatic hydroxyl groups excluding tert-OH is 1. The van der Waals surface area contributed by atoms with E-state index >= 15 is 0 Å². The van der Waals surface area contributed by atoms with Gasteiger partial charge in [0.15, 0.2) is 0 Å². The average molecular weight is 205 g/mol. The maximum atomic E-state index is 11.1. The van der Waals surface area contributed by atoms with Gasteiger partial charge in [0.1, 0.15) is 0 Å². The standard InChI is InChI=1S/C12H15NO2/c1-2-11(14)9-3-5-10-8(7-9)4-6-12(15)13-10/h3,5,7,11,14H,2,4,6H2,1H3,(H,13,15). The van der Waals surface area contributed by atoms with Crippen LogP contribution >= 0.6 is 0 Å². The third-order valence-electron chi connectivity index (χ3n) is 2.80. The van der Waals surface area contributed by atoms with E-state index in [4.69, 9.17) is 0 Å². The smallest absolute Gasteiger partial charge is 0.224 e. The number of fused-ring (bicyclic) bond motifs is 1. The zero-order valence-corrected chi connectivity index (χ0v) is 8.79. The van der Waals surface area contributed by atoms with Crippen molar-refractivity contribution in [2.45, 2.75) is 32.3 Å². The second-order valence-electron chi connectivity index (χ2n) is 3.89. The Morgan fingerprint density at radius 2 is 2.27 bits per heavy atom. The highest BCUT2D eigenvalue weighted by atomic mass is 16.3. The Labute approximate surface area is 89.1 Å². The summed E-state index contributed by atoms with van der Waals surface area (Å²) in [6.45, 7) is 1.95. The van der Waals surface area contributed by atoms with Crippen LogP contribution in [0.4, 0.5) is 5.69 Å².